The Balaban J connectivity index is 4.64. The number of hydrogen-bond donors (Lipinski definition) is 2. The van der Waals surface area contributed by atoms with Crippen LogP contribution in [0.5, 0.6) is 0 Å². The number of nitrogens with one attached hydrogen (secondary N) is 1. The lowest BCUT2D eigenvalue weighted by Gasteiger charge is -2.19. The molecule has 0 saturated heterocycles. The van der Waals surface area contributed by atoms with Crippen LogP contribution in [-0.4, -0.2) is 59.2 Å². The molecule has 1 amide bonds. The molecule has 2 atom stereocenters. The van der Waals surface area contributed by atoms with Crippen LogP contribution in [0, 0.1) is 0 Å². The van der Waals surface area contributed by atoms with E-state index in [1.54, 1.807) is 0 Å². The molecule has 9 heteroatoms. The molecule has 0 radical (unpaired) electrons. The lowest BCUT2D eigenvalue weighted by Crippen LogP contribution is -2.42. The van der Waals surface area contributed by atoms with Crippen LogP contribution < -0.4 is 5.32 Å². The summed E-state index contributed by atoms with van der Waals surface area (Å²) in [7, 11) is 0. The van der Waals surface area contributed by atoms with Crippen LogP contribution in [0.3, 0.4) is 0 Å². The van der Waals surface area contributed by atoms with E-state index in [1.807, 2.05) is 0 Å². The van der Waals surface area contributed by atoms with E-state index in [1.165, 1.54) is 172 Å². The number of hydrogen-bond acceptors (Lipinski definition) is 7. The number of carboxylic acids is 1. The van der Waals surface area contributed by atoms with Gasteiger partial charge in [0, 0.05) is 30.8 Å². The summed E-state index contributed by atoms with van der Waals surface area (Å²) in [5, 5.41) is 12.6. The molecule has 0 aliphatic carbocycles. The van der Waals surface area contributed by atoms with Crippen molar-refractivity contribution < 1.29 is 33.8 Å². The second-order valence-corrected chi connectivity index (χ2v) is 20.5. The molecule has 0 rings (SSSR count). The van der Waals surface area contributed by atoms with Gasteiger partial charge in [0.2, 0.25) is 5.91 Å². The van der Waals surface area contributed by atoms with Crippen molar-refractivity contribution in [1.82, 2.24) is 5.32 Å². The van der Waals surface area contributed by atoms with Crippen LogP contribution in [-0.2, 0) is 28.7 Å². The van der Waals surface area contributed by atoms with Gasteiger partial charge in [0.15, 0.2) is 0 Å². The predicted molar refractivity (Wildman–Crippen MR) is 287 cm³/mol. The van der Waals surface area contributed by atoms with E-state index in [-0.39, 0.29) is 36.0 Å². The third kappa shape index (κ3) is 49.9. The Morgan fingerprint density at radius 2 is 0.761 bits per heavy atom. The Bertz CT molecular complexity index is 1180. The monoisotopic (exact) mass is 962 g/mol. The minimum absolute atomic E-state index is 0.0574. The van der Waals surface area contributed by atoms with Crippen LogP contribution in [0.1, 0.15) is 290 Å². The molecule has 0 aliphatic rings. The minimum atomic E-state index is -1.09. The maximum atomic E-state index is 12.9. The summed E-state index contributed by atoms with van der Waals surface area (Å²) in [6.07, 6.45) is 56.3. The molecule has 8 nitrogen and oxygen atoms in total. The van der Waals surface area contributed by atoms with Gasteiger partial charge in [-0.2, -0.15) is 11.8 Å². The molecule has 0 spiro atoms. The molecule has 0 unspecified atom stereocenters. The molecule has 0 aromatic carbocycles. The van der Waals surface area contributed by atoms with Crippen molar-refractivity contribution in [2.24, 2.45) is 0 Å². The average Bonchev–Trinajstić information content (AvgIpc) is 3.31. The standard InChI is InChI=1S/C58H107NO7S/c1-4-7-10-13-16-19-22-25-27-30-33-36-39-42-45-48-56(61)65-50-53(66-57(62)49-46-43-40-37-34-31-28-26-23-20-17-14-11-8-5-2)51-67-52-54(58(63)64)59-55(60)47-44-41-38-35-32-29-24-21-18-15-12-9-6-3/h25-28,53-54H,4-24,29-52H2,1-3H3,(H,59,60)(H,63,64)/t53-,54+/m1/s1. The number of allylic oxidation sites excluding steroid dienone is 4. The van der Waals surface area contributed by atoms with Gasteiger partial charge in [-0.15, -0.1) is 0 Å². The van der Waals surface area contributed by atoms with Gasteiger partial charge in [-0.1, -0.05) is 225 Å². The van der Waals surface area contributed by atoms with Gasteiger partial charge in [-0.3, -0.25) is 14.4 Å². The normalized spacial score (nSPS) is 12.5. The fourth-order valence-corrected chi connectivity index (χ4v) is 9.39. The van der Waals surface area contributed by atoms with E-state index in [0.29, 0.717) is 19.3 Å². The number of ether oxygens (including phenoxy) is 2. The van der Waals surface area contributed by atoms with E-state index in [9.17, 15) is 24.3 Å². The summed E-state index contributed by atoms with van der Waals surface area (Å²) in [6, 6.07) is -1.05. The molecule has 0 fully saturated rings. The highest BCUT2D eigenvalue weighted by molar-refractivity contribution is 7.99. The fourth-order valence-electron chi connectivity index (χ4n) is 8.36. The predicted octanol–water partition coefficient (Wildman–Crippen LogP) is 17.3. The first kappa shape index (κ1) is 64.7. The smallest absolute Gasteiger partial charge is 0.327 e. The zero-order valence-electron chi connectivity index (χ0n) is 44.1. The summed E-state index contributed by atoms with van der Waals surface area (Å²) < 4.78 is 11.4. The lowest BCUT2D eigenvalue weighted by molar-refractivity contribution is -0.157. The summed E-state index contributed by atoms with van der Waals surface area (Å²) >= 11 is 1.30. The molecule has 392 valence electrons. The van der Waals surface area contributed by atoms with Gasteiger partial charge in [0.05, 0.1) is 0 Å². The maximum absolute atomic E-state index is 12.9. The van der Waals surface area contributed by atoms with Crippen LogP contribution in [0.4, 0.5) is 0 Å². The second kappa shape index (κ2) is 53.1. The number of carboxylic acid groups (broad SMARTS) is 1. The maximum Gasteiger partial charge on any atom is 0.327 e. The van der Waals surface area contributed by atoms with Crippen molar-refractivity contribution in [2.45, 2.75) is 303 Å². The first-order valence-corrected chi connectivity index (χ1v) is 29.7. The van der Waals surface area contributed by atoms with Gasteiger partial charge in [-0.25, -0.2) is 4.79 Å². The minimum Gasteiger partial charge on any atom is -0.480 e. The van der Waals surface area contributed by atoms with Gasteiger partial charge < -0.3 is 19.9 Å². The first-order valence-electron chi connectivity index (χ1n) is 28.6. The lowest BCUT2D eigenvalue weighted by atomic mass is 10.0. The topological polar surface area (TPSA) is 119 Å². The van der Waals surface area contributed by atoms with Gasteiger partial charge in [0.1, 0.15) is 18.8 Å². The van der Waals surface area contributed by atoms with Crippen LogP contribution in [0.2, 0.25) is 0 Å². The Hall–Kier alpha value is -2.29. The van der Waals surface area contributed by atoms with Crippen LogP contribution in [0.25, 0.3) is 0 Å². The highest BCUT2D eigenvalue weighted by atomic mass is 32.2. The zero-order valence-corrected chi connectivity index (χ0v) is 44.9. The number of amides is 1. The largest absolute Gasteiger partial charge is 0.480 e. The average molecular weight is 963 g/mol. The molecule has 0 saturated carbocycles. The van der Waals surface area contributed by atoms with Crippen LogP contribution >= 0.6 is 11.8 Å². The molecular weight excluding hydrogens is 855 g/mol. The first-order chi connectivity index (χ1) is 32.8. The van der Waals surface area contributed by atoms with Crippen molar-refractivity contribution >= 4 is 35.6 Å². The van der Waals surface area contributed by atoms with Crippen molar-refractivity contribution in [1.29, 1.82) is 0 Å². The molecular formula is C58H107NO7S. The van der Waals surface area contributed by atoms with Crippen molar-refractivity contribution in [3.05, 3.63) is 24.3 Å². The quantitative estimate of drug-likeness (QED) is 0.0351. The second-order valence-electron chi connectivity index (χ2n) is 19.5. The number of thioether (sulfide) groups is 1. The highest BCUT2D eigenvalue weighted by Gasteiger charge is 2.23. The number of carbonyl (C=O) groups is 4. The number of rotatable bonds is 53. The third-order valence-electron chi connectivity index (χ3n) is 12.7. The Morgan fingerprint density at radius 3 is 1.13 bits per heavy atom. The Labute approximate surface area is 418 Å². The van der Waals surface area contributed by atoms with Crippen molar-refractivity contribution in [3.63, 3.8) is 0 Å². The molecule has 2 N–H and O–H groups in total. The molecule has 67 heavy (non-hydrogen) atoms. The summed E-state index contributed by atoms with van der Waals surface area (Å²) in [4.78, 5) is 50.5. The Kier molecular flexibility index (Phi) is 51.3. The Morgan fingerprint density at radius 1 is 0.433 bits per heavy atom. The van der Waals surface area contributed by atoms with E-state index >= 15 is 0 Å². The van der Waals surface area contributed by atoms with E-state index in [0.717, 1.165) is 89.9 Å². The van der Waals surface area contributed by atoms with E-state index < -0.39 is 18.1 Å². The SMILES string of the molecule is CCCCCCCCC=CCCCCCCCC(=O)OC[C@H](CSC[C@H](NC(=O)CCCCCCCCCCCCCCC)C(=O)O)OC(=O)CCCCCCCC=CCCCCCCCC. The van der Waals surface area contributed by atoms with Gasteiger partial charge in [-0.05, 0) is 70.6 Å². The number of unbranched alkanes of at least 4 members (excludes halogenated alkanes) is 34. The molecule has 0 aromatic rings. The summed E-state index contributed by atoms with van der Waals surface area (Å²) in [6.45, 7) is 6.71. The van der Waals surface area contributed by atoms with Gasteiger partial charge in [0.25, 0.3) is 0 Å². The highest BCUT2D eigenvalue weighted by Crippen LogP contribution is 2.17. The third-order valence-corrected chi connectivity index (χ3v) is 13.9. The number of aliphatic carboxylic acids is 1. The summed E-state index contributed by atoms with van der Waals surface area (Å²) in [5.41, 5.74) is 0. The molecule has 0 heterocycles. The summed E-state index contributed by atoms with van der Waals surface area (Å²) in [5.74, 6) is -1.55. The van der Waals surface area contributed by atoms with Crippen molar-refractivity contribution in [2.75, 3.05) is 18.1 Å². The molecule has 0 aliphatic heterocycles. The van der Waals surface area contributed by atoms with Crippen LogP contribution in [0.15, 0.2) is 24.3 Å². The molecule has 0 aromatic heterocycles. The number of carbonyl (C=O) groups excluding carboxylic acids is 3. The van der Waals surface area contributed by atoms with Crippen molar-refractivity contribution in [3.8, 4) is 0 Å². The fraction of sp³-hybridized carbons (Fsp3) is 0.862. The number of esters is 2. The van der Waals surface area contributed by atoms with E-state index in [2.05, 4.69) is 50.4 Å². The van der Waals surface area contributed by atoms with Gasteiger partial charge >= 0.3 is 17.9 Å². The molecule has 0 bridgehead atoms. The zero-order chi connectivity index (χ0) is 48.9. The van der Waals surface area contributed by atoms with E-state index in [4.69, 9.17) is 9.47 Å².